The first-order chi connectivity index (χ1) is 11.0. The molecule has 3 aliphatic rings. The van der Waals surface area contributed by atoms with Gasteiger partial charge in [-0.2, -0.15) is 24.4 Å². The van der Waals surface area contributed by atoms with Crippen LogP contribution < -0.4 is 0 Å². The quantitative estimate of drug-likeness (QED) is 0.464. The number of hydrogen-bond acceptors (Lipinski definition) is 6. The van der Waals surface area contributed by atoms with Crippen LogP contribution in [0.1, 0.15) is 51.9 Å². The Kier molecular flexibility index (Phi) is 5.83. The van der Waals surface area contributed by atoms with E-state index in [0.29, 0.717) is 10.5 Å². The second-order valence-electron chi connectivity index (χ2n) is 7.12. The molecular weight excluding hydrogens is 332 g/mol. The lowest BCUT2D eigenvalue weighted by Gasteiger charge is -2.26. The highest BCUT2D eigenvalue weighted by molar-refractivity contribution is 8.07. The Morgan fingerprint density at radius 1 is 1.09 bits per heavy atom. The molecule has 1 saturated heterocycles. The minimum atomic E-state index is -0.376. The number of fused-ring (bicyclic) bond motifs is 1. The standard InChI is InChI=1S/C17H26O4S2/c1-10(21-17(19)11-3-2-4-13(22)7-11)9-20-16(18)12-5-6-14-15(8-12)23-14/h10-15,22H,2-9H2,1H3. The molecule has 4 nitrogen and oxygen atoms in total. The predicted molar refractivity (Wildman–Crippen MR) is 93.8 cm³/mol. The molecule has 6 unspecified atom stereocenters. The van der Waals surface area contributed by atoms with Crippen molar-refractivity contribution in [3.8, 4) is 0 Å². The molecule has 0 N–H and O–H groups in total. The highest BCUT2D eigenvalue weighted by Gasteiger charge is 2.45. The molecule has 1 aliphatic heterocycles. The molecular formula is C17H26O4S2. The molecule has 2 aliphatic carbocycles. The molecule has 0 amide bonds. The Morgan fingerprint density at radius 3 is 2.61 bits per heavy atom. The minimum Gasteiger partial charge on any atom is -0.462 e. The van der Waals surface area contributed by atoms with Crippen LogP contribution in [0.2, 0.25) is 0 Å². The molecule has 0 spiro atoms. The second-order valence-corrected chi connectivity index (χ2v) is 9.33. The molecule has 6 heteroatoms. The van der Waals surface area contributed by atoms with Crippen LogP contribution in [0.4, 0.5) is 0 Å². The number of hydrogen-bond donors (Lipinski definition) is 1. The number of ether oxygens (including phenoxy) is 2. The van der Waals surface area contributed by atoms with E-state index in [9.17, 15) is 9.59 Å². The van der Waals surface area contributed by atoms with Gasteiger partial charge in [-0.25, -0.2) is 0 Å². The lowest BCUT2D eigenvalue weighted by molar-refractivity contribution is -0.164. The first-order valence-corrected chi connectivity index (χ1v) is 10.2. The average molecular weight is 359 g/mol. The summed E-state index contributed by atoms with van der Waals surface area (Å²) in [7, 11) is 0. The van der Waals surface area contributed by atoms with Gasteiger partial charge in [0.05, 0.1) is 11.8 Å². The zero-order valence-corrected chi connectivity index (χ0v) is 15.3. The third-order valence-corrected chi connectivity index (χ3v) is 7.03. The number of rotatable bonds is 5. The zero-order valence-electron chi connectivity index (χ0n) is 13.6. The van der Waals surface area contributed by atoms with Crippen LogP contribution in [0.15, 0.2) is 0 Å². The van der Waals surface area contributed by atoms with Crippen LogP contribution in [0.5, 0.6) is 0 Å². The SMILES string of the molecule is CC(COC(=O)C1CCC2SC2C1)OC(=O)C1CCCC(S)C1. The summed E-state index contributed by atoms with van der Waals surface area (Å²) in [5.41, 5.74) is 0. The van der Waals surface area contributed by atoms with Crippen molar-refractivity contribution >= 4 is 36.3 Å². The van der Waals surface area contributed by atoms with Gasteiger partial charge >= 0.3 is 11.9 Å². The van der Waals surface area contributed by atoms with Crippen LogP contribution in [-0.4, -0.2) is 40.4 Å². The van der Waals surface area contributed by atoms with Crippen molar-refractivity contribution in [1.82, 2.24) is 0 Å². The molecule has 0 aromatic rings. The maximum absolute atomic E-state index is 12.1. The summed E-state index contributed by atoms with van der Waals surface area (Å²) in [5.74, 6) is -0.293. The van der Waals surface area contributed by atoms with Crippen molar-refractivity contribution in [3.05, 3.63) is 0 Å². The van der Waals surface area contributed by atoms with Crippen LogP contribution in [-0.2, 0) is 19.1 Å². The van der Waals surface area contributed by atoms with Crippen molar-refractivity contribution in [3.63, 3.8) is 0 Å². The van der Waals surface area contributed by atoms with E-state index in [0.717, 1.165) is 50.2 Å². The van der Waals surface area contributed by atoms with E-state index < -0.39 is 0 Å². The van der Waals surface area contributed by atoms with Gasteiger partial charge in [-0.3, -0.25) is 9.59 Å². The Hall–Kier alpha value is -0.360. The van der Waals surface area contributed by atoms with Crippen LogP contribution >= 0.6 is 24.4 Å². The summed E-state index contributed by atoms with van der Waals surface area (Å²) in [6.07, 6.45) is 6.41. The number of carbonyl (C=O) groups excluding carboxylic acids is 2. The summed E-state index contributed by atoms with van der Waals surface area (Å²) in [4.78, 5) is 24.3. The van der Waals surface area contributed by atoms with Gasteiger partial charge in [0, 0.05) is 15.7 Å². The summed E-state index contributed by atoms with van der Waals surface area (Å²) >= 11 is 6.45. The van der Waals surface area contributed by atoms with Gasteiger partial charge in [0.25, 0.3) is 0 Å². The maximum Gasteiger partial charge on any atom is 0.309 e. The van der Waals surface area contributed by atoms with E-state index in [2.05, 4.69) is 12.6 Å². The normalized spacial score (nSPS) is 37.4. The molecule has 0 aromatic heterocycles. The number of thioether (sulfide) groups is 1. The van der Waals surface area contributed by atoms with E-state index in [1.54, 1.807) is 6.92 Å². The molecule has 6 atom stereocenters. The predicted octanol–water partition coefficient (Wildman–Crippen LogP) is 3.23. The summed E-state index contributed by atoms with van der Waals surface area (Å²) in [5, 5.41) is 1.77. The van der Waals surface area contributed by atoms with E-state index in [-0.39, 0.29) is 36.5 Å². The van der Waals surface area contributed by atoms with E-state index in [1.807, 2.05) is 11.8 Å². The molecule has 3 rings (SSSR count). The van der Waals surface area contributed by atoms with E-state index in [1.165, 1.54) is 0 Å². The van der Waals surface area contributed by atoms with Gasteiger partial charge < -0.3 is 9.47 Å². The molecule has 3 fully saturated rings. The van der Waals surface area contributed by atoms with E-state index >= 15 is 0 Å². The van der Waals surface area contributed by atoms with Crippen molar-refractivity contribution in [2.24, 2.45) is 11.8 Å². The van der Waals surface area contributed by atoms with Gasteiger partial charge in [-0.05, 0) is 45.4 Å². The minimum absolute atomic E-state index is 0.0393. The third kappa shape index (κ3) is 4.81. The maximum atomic E-state index is 12.1. The smallest absolute Gasteiger partial charge is 0.309 e. The van der Waals surface area contributed by atoms with Crippen molar-refractivity contribution in [1.29, 1.82) is 0 Å². The van der Waals surface area contributed by atoms with Gasteiger partial charge in [0.15, 0.2) is 0 Å². The molecule has 0 aromatic carbocycles. The van der Waals surface area contributed by atoms with Gasteiger partial charge in [-0.1, -0.05) is 6.42 Å². The highest BCUT2D eigenvalue weighted by Crippen LogP contribution is 2.52. The Bertz CT molecular complexity index is 456. The van der Waals surface area contributed by atoms with Crippen LogP contribution in [0.25, 0.3) is 0 Å². The summed E-state index contributed by atoms with van der Waals surface area (Å²) in [6.45, 7) is 1.96. The van der Waals surface area contributed by atoms with Gasteiger partial charge in [0.1, 0.15) is 12.7 Å². The second kappa shape index (κ2) is 7.68. The van der Waals surface area contributed by atoms with E-state index in [4.69, 9.17) is 9.47 Å². The van der Waals surface area contributed by atoms with Gasteiger partial charge in [-0.15, -0.1) is 0 Å². The fourth-order valence-corrected chi connectivity index (χ4v) is 5.30. The molecule has 0 bridgehead atoms. The molecule has 1 heterocycles. The summed E-state index contributed by atoms with van der Waals surface area (Å²) in [6, 6.07) is 0. The number of thiol groups is 1. The Morgan fingerprint density at radius 2 is 1.87 bits per heavy atom. The zero-order chi connectivity index (χ0) is 16.4. The number of esters is 2. The Labute approximate surface area is 147 Å². The first-order valence-electron chi connectivity index (χ1n) is 8.73. The van der Waals surface area contributed by atoms with Crippen molar-refractivity contribution in [2.45, 2.75) is 73.7 Å². The molecule has 23 heavy (non-hydrogen) atoms. The monoisotopic (exact) mass is 358 g/mol. The topological polar surface area (TPSA) is 52.6 Å². The van der Waals surface area contributed by atoms with Crippen molar-refractivity contribution in [2.75, 3.05) is 6.61 Å². The van der Waals surface area contributed by atoms with Crippen LogP contribution in [0.3, 0.4) is 0 Å². The first kappa shape index (κ1) is 17.5. The number of carbonyl (C=O) groups is 2. The van der Waals surface area contributed by atoms with Crippen molar-refractivity contribution < 1.29 is 19.1 Å². The lowest BCUT2D eigenvalue weighted by atomic mass is 9.89. The molecule has 0 radical (unpaired) electrons. The van der Waals surface area contributed by atoms with Crippen LogP contribution in [0, 0.1) is 11.8 Å². The van der Waals surface area contributed by atoms with Gasteiger partial charge in [0.2, 0.25) is 0 Å². The average Bonchev–Trinajstić information content (AvgIpc) is 3.31. The fraction of sp³-hybridized carbons (Fsp3) is 0.882. The molecule has 2 saturated carbocycles. The largest absolute Gasteiger partial charge is 0.462 e. The fourth-order valence-electron chi connectivity index (χ4n) is 3.64. The molecule has 130 valence electrons. The lowest BCUT2D eigenvalue weighted by Crippen LogP contribution is -2.31. The summed E-state index contributed by atoms with van der Waals surface area (Å²) < 4.78 is 10.8. The Balaban J connectivity index is 1.36. The third-order valence-electron chi connectivity index (χ3n) is 5.09. The highest BCUT2D eigenvalue weighted by atomic mass is 32.2.